The Kier molecular flexibility index (Phi) is 5.80. The third-order valence-electron chi connectivity index (χ3n) is 5.87. The van der Waals surface area contributed by atoms with Gasteiger partial charge in [-0.2, -0.15) is 4.98 Å². The first-order chi connectivity index (χ1) is 15.7. The number of methoxy groups -OCH3 is 1. The molecule has 0 saturated heterocycles. The third-order valence-corrected chi connectivity index (χ3v) is 5.87. The number of ether oxygens (including phenoxy) is 1. The Labute approximate surface area is 191 Å². The van der Waals surface area contributed by atoms with Gasteiger partial charge in [-0.25, -0.2) is 0 Å². The molecule has 7 heteroatoms. The molecule has 7 nitrogen and oxygen atoms in total. The van der Waals surface area contributed by atoms with E-state index in [4.69, 9.17) is 9.15 Å². The zero-order valence-corrected chi connectivity index (χ0v) is 18.7. The van der Waals surface area contributed by atoms with Crippen molar-refractivity contribution in [3.05, 3.63) is 78.4 Å². The van der Waals surface area contributed by atoms with E-state index >= 15 is 0 Å². The summed E-state index contributed by atoms with van der Waals surface area (Å²) in [5, 5.41) is 12.7. The fourth-order valence-electron chi connectivity index (χ4n) is 3.75. The molecular formula is C26H26N2O5. The van der Waals surface area contributed by atoms with Gasteiger partial charge in [-0.3, -0.25) is 9.59 Å². The van der Waals surface area contributed by atoms with E-state index in [-0.39, 0.29) is 24.1 Å². The highest BCUT2D eigenvalue weighted by Crippen LogP contribution is 2.34. The number of nitrogens with zero attached hydrogens (tertiary/aromatic N) is 1. The number of fused-ring (bicyclic) bond motifs is 1. The molecule has 2 aromatic carbocycles. The molecule has 0 atom stereocenters. The van der Waals surface area contributed by atoms with Crippen LogP contribution in [0.15, 0.2) is 77.3 Å². The van der Waals surface area contributed by atoms with E-state index in [0.717, 1.165) is 5.56 Å². The predicted molar refractivity (Wildman–Crippen MR) is 125 cm³/mol. The molecule has 1 heterocycles. The first-order valence-corrected chi connectivity index (χ1v) is 10.7. The third kappa shape index (κ3) is 4.53. The molecule has 0 amide bonds. The van der Waals surface area contributed by atoms with E-state index in [2.05, 4.69) is 10.3 Å². The number of allylic oxidation sites excluding steroid dienone is 2. The molecule has 0 unspecified atom stereocenters. The first kappa shape index (κ1) is 22.3. The molecular weight excluding hydrogens is 420 g/mol. The maximum absolute atomic E-state index is 13.5. The van der Waals surface area contributed by atoms with E-state index in [0.29, 0.717) is 16.8 Å². The average Bonchev–Trinajstić information content (AvgIpc) is 3.20. The number of aliphatic carboxylic acids is 1. The Morgan fingerprint density at radius 3 is 2.48 bits per heavy atom. The van der Waals surface area contributed by atoms with E-state index in [1.54, 1.807) is 37.5 Å². The van der Waals surface area contributed by atoms with Gasteiger partial charge in [0.1, 0.15) is 16.8 Å². The molecule has 170 valence electrons. The number of aromatic nitrogens is 1. The molecule has 1 aromatic heterocycles. The van der Waals surface area contributed by atoms with Crippen molar-refractivity contribution in [3.8, 4) is 5.75 Å². The summed E-state index contributed by atoms with van der Waals surface area (Å²) in [6.07, 6.45) is 7.22. The van der Waals surface area contributed by atoms with E-state index in [1.165, 1.54) is 13.8 Å². The highest BCUT2D eigenvalue weighted by molar-refractivity contribution is 5.98. The maximum atomic E-state index is 13.5. The summed E-state index contributed by atoms with van der Waals surface area (Å²) in [7, 11) is 1.56. The predicted octanol–water partition coefficient (Wildman–Crippen LogP) is 4.97. The minimum atomic E-state index is -1.29. The molecule has 33 heavy (non-hydrogen) atoms. The Bertz CT molecular complexity index is 1230. The van der Waals surface area contributed by atoms with Crippen molar-refractivity contribution in [2.24, 2.45) is 5.41 Å². The zero-order valence-electron chi connectivity index (χ0n) is 18.7. The molecule has 1 aliphatic carbocycles. The van der Waals surface area contributed by atoms with Crippen LogP contribution in [0.2, 0.25) is 0 Å². The summed E-state index contributed by atoms with van der Waals surface area (Å²) in [5.41, 5.74) is -0.304. The quantitative estimate of drug-likeness (QED) is 0.471. The summed E-state index contributed by atoms with van der Waals surface area (Å²) in [5.74, 6) is -0.712. The average molecular weight is 447 g/mol. The van der Waals surface area contributed by atoms with Gasteiger partial charge in [0.25, 0.3) is 6.01 Å². The van der Waals surface area contributed by atoms with Gasteiger partial charge in [-0.05, 0) is 31.5 Å². The van der Waals surface area contributed by atoms with Crippen molar-refractivity contribution in [2.45, 2.75) is 31.7 Å². The SMILES string of the molecule is COc1ccc2nc(NC3(C(=O)CC(C)(C)C(=O)O)C=CC(c4ccccc4)C=C3)oc2c1. The number of oxazole rings is 1. The van der Waals surface area contributed by atoms with Crippen LogP contribution in [-0.2, 0) is 9.59 Å². The van der Waals surface area contributed by atoms with Crippen LogP contribution in [0, 0.1) is 5.41 Å². The second kappa shape index (κ2) is 8.58. The number of anilines is 1. The molecule has 0 saturated carbocycles. The van der Waals surface area contributed by atoms with Crippen LogP contribution in [0.25, 0.3) is 11.1 Å². The highest BCUT2D eigenvalue weighted by Gasteiger charge is 2.41. The van der Waals surface area contributed by atoms with Crippen LogP contribution in [0.4, 0.5) is 6.01 Å². The molecule has 0 radical (unpaired) electrons. The van der Waals surface area contributed by atoms with Gasteiger partial charge < -0.3 is 19.6 Å². The van der Waals surface area contributed by atoms with E-state index < -0.39 is 16.9 Å². The van der Waals surface area contributed by atoms with Gasteiger partial charge in [-0.1, -0.05) is 54.6 Å². The van der Waals surface area contributed by atoms with Gasteiger partial charge in [-0.15, -0.1) is 0 Å². The number of hydrogen-bond acceptors (Lipinski definition) is 6. The molecule has 0 spiro atoms. The largest absolute Gasteiger partial charge is 0.497 e. The molecule has 1 aliphatic rings. The number of carbonyl (C=O) groups is 2. The second-order valence-electron chi connectivity index (χ2n) is 8.79. The number of benzene rings is 2. The minimum absolute atomic E-state index is 0.00528. The summed E-state index contributed by atoms with van der Waals surface area (Å²) in [6.45, 7) is 3.07. The fourth-order valence-corrected chi connectivity index (χ4v) is 3.75. The number of Topliss-reactive ketones (excluding diaryl/α,β-unsaturated/α-hetero) is 1. The molecule has 0 fully saturated rings. The number of carbonyl (C=O) groups excluding carboxylic acids is 1. The highest BCUT2D eigenvalue weighted by atomic mass is 16.5. The second-order valence-corrected chi connectivity index (χ2v) is 8.79. The Morgan fingerprint density at radius 1 is 1.15 bits per heavy atom. The topological polar surface area (TPSA) is 102 Å². The van der Waals surface area contributed by atoms with Crippen molar-refractivity contribution in [2.75, 3.05) is 12.4 Å². The summed E-state index contributed by atoms with van der Waals surface area (Å²) in [6, 6.07) is 15.3. The number of rotatable bonds is 8. The van der Waals surface area contributed by atoms with Crippen LogP contribution >= 0.6 is 0 Å². The van der Waals surface area contributed by atoms with Crippen molar-refractivity contribution in [3.63, 3.8) is 0 Å². The standard InChI is InChI=1S/C26H26N2O5/c1-25(2,23(30)31)16-22(29)26(13-11-18(12-14-26)17-7-5-4-6-8-17)28-24-27-20-10-9-19(32-3)15-21(20)33-24/h4-15,18H,16H2,1-3H3,(H,27,28)(H,30,31). The lowest BCUT2D eigenvalue weighted by atomic mass is 9.77. The lowest BCUT2D eigenvalue weighted by molar-refractivity contribution is -0.149. The Balaban J connectivity index is 1.68. The number of carboxylic acids is 1. The number of hydrogen-bond donors (Lipinski definition) is 2. The van der Waals surface area contributed by atoms with Gasteiger partial charge in [0, 0.05) is 18.4 Å². The van der Waals surface area contributed by atoms with Crippen molar-refractivity contribution < 1.29 is 23.8 Å². The van der Waals surface area contributed by atoms with Gasteiger partial charge in [0.15, 0.2) is 11.4 Å². The molecule has 2 N–H and O–H groups in total. The monoisotopic (exact) mass is 446 g/mol. The number of carboxylic acid groups (broad SMARTS) is 1. The van der Waals surface area contributed by atoms with Gasteiger partial charge in [0.05, 0.1) is 12.5 Å². The summed E-state index contributed by atoms with van der Waals surface area (Å²) in [4.78, 5) is 29.6. The first-order valence-electron chi connectivity index (χ1n) is 10.7. The minimum Gasteiger partial charge on any atom is -0.497 e. The smallest absolute Gasteiger partial charge is 0.309 e. The zero-order chi connectivity index (χ0) is 23.6. The molecule has 4 rings (SSSR count). The van der Waals surface area contributed by atoms with Crippen molar-refractivity contribution in [1.82, 2.24) is 4.98 Å². The number of nitrogens with one attached hydrogen (secondary N) is 1. The molecule has 0 aliphatic heterocycles. The van der Waals surface area contributed by atoms with Crippen LogP contribution < -0.4 is 10.1 Å². The lowest BCUT2D eigenvalue weighted by Crippen LogP contribution is -2.46. The molecule has 0 bridgehead atoms. The maximum Gasteiger partial charge on any atom is 0.309 e. The molecule has 3 aromatic rings. The van der Waals surface area contributed by atoms with Crippen molar-refractivity contribution in [1.29, 1.82) is 0 Å². The Hall–Kier alpha value is -3.87. The van der Waals surface area contributed by atoms with Gasteiger partial charge in [0.2, 0.25) is 0 Å². The summed E-state index contributed by atoms with van der Waals surface area (Å²) < 4.78 is 11.1. The van der Waals surface area contributed by atoms with Crippen molar-refractivity contribution >= 4 is 28.9 Å². The Morgan fingerprint density at radius 2 is 1.85 bits per heavy atom. The fraction of sp³-hybridized carbons (Fsp3) is 0.269. The normalized spacial score (nSPS) is 20.0. The van der Waals surface area contributed by atoms with Crippen LogP contribution in [0.3, 0.4) is 0 Å². The van der Waals surface area contributed by atoms with Crippen LogP contribution in [-0.4, -0.2) is 34.5 Å². The van der Waals surface area contributed by atoms with E-state index in [1.807, 2.05) is 42.5 Å². The van der Waals surface area contributed by atoms with Crippen LogP contribution in [0.1, 0.15) is 31.7 Å². The van der Waals surface area contributed by atoms with E-state index in [9.17, 15) is 14.7 Å². The number of ketones is 1. The van der Waals surface area contributed by atoms with Crippen LogP contribution in [0.5, 0.6) is 5.75 Å². The van der Waals surface area contributed by atoms with Gasteiger partial charge >= 0.3 is 5.97 Å². The summed E-state index contributed by atoms with van der Waals surface area (Å²) >= 11 is 0. The lowest BCUT2D eigenvalue weighted by Gasteiger charge is -2.32.